The molecule has 0 atom stereocenters. The van der Waals surface area contributed by atoms with Gasteiger partial charge < -0.3 is 5.32 Å². The van der Waals surface area contributed by atoms with Gasteiger partial charge in [0.15, 0.2) is 0 Å². The number of hydrogen-bond donors (Lipinski definition) is 1. The maximum absolute atomic E-state index is 12.6. The van der Waals surface area contributed by atoms with Crippen LogP contribution in [-0.2, 0) is 12.7 Å². The van der Waals surface area contributed by atoms with Gasteiger partial charge >= 0.3 is 6.18 Å². The van der Waals surface area contributed by atoms with Gasteiger partial charge in [-0.15, -0.1) is 0 Å². The van der Waals surface area contributed by atoms with E-state index in [2.05, 4.69) is 21.2 Å². The molecule has 0 bridgehead atoms. The Bertz CT molecular complexity index is 614. The molecule has 20 heavy (non-hydrogen) atoms. The summed E-state index contributed by atoms with van der Waals surface area (Å²) in [6, 6.07) is 10.4. The first kappa shape index (κ1) is 15.2. The van der Waals surface area contributed by atoms with Gasteiger partial charge in [-0.05, 0) is 51.8 Å². The standard InChI is InChI=1S/C14H10BrClF3N/c15-12-5-4-11(16)7-13(12)20-8-9-2-1-3-10(6-9)14(17,18)19/h1-7,20H,8H2. The van der Waals surface area contributed by atoms with E-state index in [1.165, 1.54) is 6.07 Å². The van der Waals surface area contributed by atoms with Crippen LogP contribution < -0.4 is 5.32 Å². The average Bonchev–Trinajstić information content (AvgIpc) is 2.39. The first-order valence-corrected chi connectivity index (χ1v) is 6.88. The van der Waals surface area contributed by atoms with Crippen molar-refractivity contribution in [1.82, 2.24) is 0 Å². The normalized spacial score (nSPS) is 11.4. The van der Waals surface area contributed by atoms with Gasteiger partial charge in [-0.25, -0.2) is 0 Å². The molecule has 2 aromatic rings. The van der Waals surface area contributed by atoms with E-state index in [0.29, 0.717) is 10.6 Å². The molecule has 2 rings (SSSR count). The highest BCUT2D eigenvalue weighted by Crippen LogP contribution is 2.30. The number of hydrogen-bond acceptors (Lipinski definition) is 1. The lowest BCUT2D eigenvalue weighted by atomic mass is 10.1. The SMILES string of the molecule is FC(F)(F)c1cccc(CNc2cc(Cl)ccc2Br)c1. The van der Waals surface area contributed by atoms with Crippen LogP contribution in [0.4, 0.5) is 18.9 Å². The fourth-order valence-electron chi connectivity index (χ4n) is 1.69. The third kappa shape index (κ3) is 3.90. The quantitative estimate of drug-likeness (QED) is 0.733. The molecule has 6 heteroatoms. The predicted octanol–water partition coefficient (Wildman–Crippen LogP) is 5.73. The first-order valence-electron chi connectivity index (χ1n) is 5.71. The Morgan fingerprint density at radius 2 is 1.85 bits per heavy atom. The molecule has 106 valence electrons. The lowest BCUT2D eigenvalue weighted by molar-refractivity contribution is -0.137. The summed E-state index contributed by atoms with van der Waals surface area (Å²) in [7, 11) is 0. The van der Waals surface area contributed by atoms with Gasteiger partial charge in [0.25, 0.3) is 0 Å². The van der Waals surface area contributed by atoms with Crippen LogP contribution in [0.3, 0.4) is 0 Å². The average molecular weight is 365 g/mol. The fourth-order valence-corrected chi connectivity index (χ4v) is 2.25. The number of rotatable bonds is 3. The second-order valence-corrected chi connectivity index (χ2v) is 5.47. The monoisotopic (exact) mass is 363 g/mol. The van der Waals surface area contributed by atoms with Crippen molar-refractivity contribution in [1.29, 1.82) is 0 Å². The van der Waals surface area contributed by atoms with E-state index in [-0.39, 0.29) is 6.54 Å². The molecule has 0 aromatic heterocycles. The number of anilines is 1. The molecule has 0 fully saturated rings. The molecule has 0 amide bonds. The van der Waals surface area contributed by atoms with Crippen LogP contribution >= 0.6 is 27.5 Å². The molecular formula is C14H10BrClF3N. The molecule has 0 spiro atoms. The van der Waals surface area contributed by atoms with Crippen molar-refractivity contribution in [3.63, 3.8) is 0 Å². The highest BCUT2D eigenvalue weighted by Gasteiger charge is 2.30. The summed E-state index contributed by atoms with van der Waals surface area (Å²) in [5.41, 5.74) is 0.628. The lowest BCUT2D eigenvalue weighted by Crippen LogP contribution is -2.07. The van der Waals surface area contributed by atoms with Crippen LogP contribution in [0.5, 0.6) is 0 Å². The summed E-state index contributed by atoms with van der Waals surface area (Å²) < 4.78 is 38.6. The zero-order valence-corrected chi connectivity index (χ0v) is 12.5. The maximum atomic E-state index is 12.6. The van der Waals surface area contributed by atoms with Crippen LogP contribution in [-0.4, -0.2) is 0 Å². The molecule has 0 radical (unpaired) electrons. The smallest absolute Gasteiger partial charge is 0.380 e. The van der Waals surface area contributed by atoms with Gasteiger partial charge in [0.1, 0.15) is 0 Å². The van der Waals surface area contributed by atoms with Gasteiger partial charge in [0.05, 0.1) is 11.3 Å². The second kappa shape index (κ2) is 6.06. The molecule has 0 heterocycles. The van der Waals surface area contributed by atoms with Crippen LogP contribution in [0.1, 0.15) is 11.1 Å². The Morgan fingerprint density at radius 3 is 2.55 bits per heavy atom. The van der Waals surface area contributed by atoms with Crippen LogP contribution in [0.15, 0.2) is 46.9 Å². The molecule has 2 aromatic carbocycles. The molecule has 0 aliphatic heterocycles. The van der Waals surface area contributed by atoms with E-state index >= 15 is 0 Å². The molecule has 1 nitrogen and oxygen atoms in total. The van der Waals surface area contributed by atoms with E-state index in [1.807, 2.05) is 0 Å². The van der Waals surface area contributed by atoms with Crippen LogP contribution in [0.25, 0.3) is 0 Å². The molecule has 1 N–H and O–H groups in total. The summed E-state index contributed by atoms with van der Waals surface area (Å²) in [6.07, 6.45) is -4.33. The second-order valence-electron chi connectivity index (χ2n) is 4.18. The number of benzene rings is 2. The van der Waals surface area contributed by atoms with Gasteiger partial charge in [0.2, 0.25) is 0 Å². The van der Waals surface area contributed by atoms with Crippen molar-refractivity contribution < 1.29 is 13.2 Å². The molecule has 0 saturated heterocycles. The molecule has 0 saturated carbocycles. The zero-order valence-electron chi connectivity index (χ0n) is 10.1. The van der Waals surface area contributed by atoms with Crippen molar-refractivity contribution in [3.8, 4) is 0 Å². The maximum Gasteiger partial charge on any atom is 0.416 e. The van der Waals surface area contributed by atoms with Gasteiger partial charge in [-0.1, -0.05) is 23.7 Å². The summed E-state index contributed by atoms with van der Waals surface area (Å²) in [4.78, 5) is 0. The van der Waals surface area contributed by atoms with E-state index in [4.69, 9.17) is 11.6 Å². The molecular weight excluding hydrogens is 355 g/mol. The van der Waals surface area contributed by atoms with E-state index < -0.39 is 11.7 Å². The molecule has 0 aliphatic carbocycles. The van der Waals surface area contributed by atoms with E-state index in [9.17, 15) is 13.2 Å². The van der Waals surface area contributed by atoms with Crippen molar-refractivity contribution in [2.24, 2.45) is 0 Å². The van der Waals surface area contributed by atoms with Gasteiger partial charge in [-0.3, -0.25) is 0 Å². The minimum Gasteiger partial charge on any atom is -0.380 e. The Labute approximate surface area is 127 Å². The third-order valence-corrected chi connectivity index (χ3v) is 3.59. The Kier molecular flexibility index (Phi) is 4.60. The highest BCUT2D eigenvalue weighted by atomic mass is 79.9. The third-order valence-electron chi connectivity index (χ3n) is 2.67. The van der Waals surface area contributed by atoms with Crippen LogP contribution in [0, 0.1) is 0 Å². The molecule has 0 unspecified atom stereocenters. The van der Waals surface area contributed by atoms with Crippen LogP contribution in [0.2, 0.25) is 5.02 Å². The zero-order chi connectivity index (χ0) is 14.8. The fraction of sp³-hybridized carbons (Fsp3) is 0.143. The Hall–Kier alpha value is -1.20. The topological polar surface area (TPSA) is 12.0 Å². The Balaban J connectivity index is 2.13. The number of nitrogens with one attached hydrogen (secondary N) is 1. The number of halogens is 5. The van der Waals surface area contributed by atoms with Crippen molar-refractivity contribution in [2.45, 2.75) is 12.7 Å². The summed E-state index contributed by atoms with van der Waals surface area (Å²) >= 11 is 9.22. The Morgan fingerprint density at radius 1 is 1.10 bits per heavy atom. The predicted molar refractivity (Wildman–Crippen MR) is 77.9 cm³/mol. The number of alkyl halides is 3. The largest absolute Gasteiger partial charge is 0.416 e. The van der Waals surface area contributed by atoms with Gasteiger partial charge in [0, 0.05) is 16.0 Å². The summed E-state index contributed by atoms with van der Waals surface area (Å²) in [5, 5.41) is 3.61. The van der Waals surface area contributed by atoms with Crippen molar-refractivity contribution in [2.75, 3.05) is 5.32 Å². The summed E-state index contributed by atoms with van der Waals surface area (Å²) in [6.45, 7) is 0.281. The van der Waals surface area contributed by atoms with E-state index in [0.717, 1.165) is 22.3 Å². The van der Waals surface area contributed by atoms with Crippen molar-refractivity contribution in [3.05, 3.63) is 63.1 Å². The molecule has 0 aliphatic rings. The first-order chi connectivity index (χ1) is 9.36. The summed E-state index contributed by atoms with van der Waals surface area (Å²) in [5.74, 6) is 0. The van der Waals surface area contributed by atoms with Crippen molar-refractivity contribution >= 4 is 33.2 Å². The van der Waals surface area contributed by atoms with Gasteiger partial charge in [-0.2, -0.15) is 13.2 Å². The van der Waals surface area contributed by atoms with E-state index in [1.54, 1.807) is 24.3 Å². The minimum absolute atomic E-state index is 0.281. The minimum atomic E-state index is -4.33. The lowest BCUT2D eigenvalue weighted by Gasteiger charge is -2.11. The highest BCUT2D eigenvalue weighted by molar-refractivity contribution is 9.10.